The Morgan fingerprint density at radius 1 is 1.32 bits per heavy atom. The molecule has 1 heterocycles. The highest BCUT2D eigenvalue weighted by Gasteiger charge is 2.29. The molecule has 0 saturated carbocycles. The molecule has 0 unspecified atom stereocenters. The van der Waals surface area contributed by atoms with E-state index in [9.17, 15) is 18.0 Å². The third-order valence-corrected chi connectivity index (χ3v) is 2.29. The van der Waals surface area contributed by atoms with Crippen LogP contribution < -0.4 is 4.74 Å². The Hall–Kier alpha value is -2.31. The first kappa shape index (κ1) is 13.1. The zero-order valence-corrected chi connectivity index (χ0v) is 9.44. The lowest BCUT2D eigenvalue weighted by molar-refractivity contribution is -0.153. The van der Waals surface area contributed by atoms with Crippen molar-refractivity contribution in [3.63, 3.8) is 0 Å². The van der Waals surface area contributed by atoms with Crippen LogP contribution in [0.1, 0.15) is 10.5 Å². The summed E-state index contributed by atoms with van der Waals surface area (Å²) >= 11 is 0. The fourth-order valence-electron chi connectivity index (χ4n) is 1.53. The van der Waals surface area contributed by atoms with Crippen molar-refractivity contribution < 1.29 is 27.8 Å². The summed E-state index contributed by atoms with van der Waals surface area (Å²) < 4.78 is 41.1. The first-order valence-electron chi connectivity index (χ1n) is 5.19. The molecule has 0 amide bonds. The molecule has 19 heavy (non-hydrogen) atoms. The van der Waals surface area contributed by atoms with E-state index in [-0.39, 0.29) is 17.0 Å². The van der Waals surface area contributed by atoms with E-state index >= 15 is 0 Å². The number of alkyl halides is 3. The highest BCUT2D eigenvalue weighted by atomic mass is 19.4. The SMILES string of the molecule is O=C(O)c1cc(OCC(F)(F)F)c2ccccc2n1. The van der Waals surface area contributed by atoms with Gasteiger partial charge in [-0.15, -0.1) is 0 Å². The lowest BCUT2D eigenvalue weighted by atomic mass is 10.2. The Bertz CT molecular complexity index is 625. The molecule has 0 bridgehead atoms. The molecule has 1 aromatic heterocycles. The Kier molecular flexibility index (Phi) is 3.28. The lowest BCUT2D eigenvalue weighted by Gasteiger charge is -2.11. The fraction of sp³-hybridized carbons (Fsp3) is 0.167. The minimum atomic E-state index is -4.49. The van der Waals surface area contributed by atoms with E-state index in [0.29, 0.717) is 5.39 Å². The molecule has 0 fully saturated rings. The normalized spacial score (nSPS) is 11.5. The number of fused-ring (bicyclic) bond motifs is 1. The number of carboxylic acid groups (broad SMARTS) is 1. The summed E-state index contributed by atoms with van der Waals surface area (Å²) in [5.41, 5.74) is -0.101. The minimum Gasteiger partial charge on any atom is -0.483 e. The van der Waals surface area contributed by atoms with E-state index < -0.39 is 18.8 Å². The first-order chi connectivity index (χ1) is 8.87. The Labute approximate surface area is 105 Å². The second-order valence-corrected chi connectivity index (χ2v) is 3.73. The summed E-state index contributed by atoms with van der Waals surface area (Å²) in [6.07, 6.45) is -4.49. The molecule has 7 heteroatoms. The van der Waals surface area contributed by atoms with Gasteiger partial charge in [-0.2, -0.15) is 13.2 Å². The number of aromatic carboxylic acids is 1. The van der Waals surface area contributed by atoms with Crippen LogP contribution in [-0.4, -0.2) is 28.8 Å². The van der Waals surface area contributed by atoms with Gasteiger partial charge >= 0.3 is 12.1 Å². The van der Waals surface area contributed by atoms with Gasteiger partial charge in [0.2, 0.25) is 0 Å². The van der Waals surface area contributed by atoms with Crippen molar-refractivity contribution in [2.45, 2.75) is 6.18 Å². The number of para-hydroxylation sites is 1. The van der Waals surface area contributed by atoms with E-state index in [1.165, 1.54) is 12.1 Å². The van der Waals surface area contributed by atoms with Gasteiger partial charge in [-0.1, -0.05) is 12.1 Å². The van der Waals surface area contributed by atoms with Crippen LogP contribution in [0, 0.1) is 0 Å². The molecule has 0 atom stereocenters. The van der Waals surface area contributed by atoms with Gasteiger partial charge in [0.1, 0.15) is 5.75 Å². The van der Waals surface area contributed by atoms with Gasteiger partial charge in [0, 0.05) is 11.5 Å². The molecular weight excluding hydrogens is 263 g/mol. The molecule has 1 N–H and O–H groups in total. The maximum Gasteiger partial charge on any atom is 0.422 e. The van der Waals surface area contributed by atoms with E-state index in [2.05, 4.69) is 9.72 Å². The van der Waals surface area contributed by atoms with Gasteiger partial charge in [0.25, 0.3) is 0 Å². The second kappa shape index (κ2) is 4.75. The average Bonchev–Trinajstić information content (AvgIpc) is 2.34. The number of carboxylic acids is 1. The van der Waals surface area contributed by atoms with Gasteiger partial charge in [-0.05, 0) is 12.1 Å². The predicted molar refractivity (Wildman–Crippen MR) is 60.3 cm³/mol. The molecular formula is C12H8F3NO3. The van der Waals surface area contributed by atoms with Crippen LogP contribution in [-0.2, 0) is 0 Å². The number of rotatable bonds is 3. The standard InChI is InChI=1S/C12H8F3NO3/c13-12(14,15)6-19-10-5-9(11(17)18)16-8-4-2-1-3-7(8)10/h1-5H,6H2,(H,17,18). The maximum absolute atomic E-state index is 12.1. The average molecular weight is 271 g/mol. The molecule has 0 spiro atoms. The van der Waals surface area contributed by atoms with E-state index in [1.807, 2.05) is 0 Å². The summed E-state index contributed by atoms with van der Waals surface area (Å²) in [7, 11) is 0. The Balaban J connectivity index is 2.47. The van der Waals surface area contributed by atoms with Gasteiger partial charge < -0.3 is 9.84 Å². The zero-order chi connectivity index (χ0) is 14.0. The number of hydrogen-bond donors (Lipinski definition) is 1. The molecule has 2 aromatic rings. The number of nitrogens with zero attached hydrogens (tertiary/aromatic N) is 1. The van der Waals surface area contributed by atoms with Crippen molar-refractivity contribution in [2.24, 2.45) is 0 Å². The monoisotopic (exact) mass is 271 g/mol. The molecule has 4 nitrogen and oxygen atoms in total. The van der Waals surface area contributed by atoms with Crippen LogP contribution in [0.3, 0.4) is 0 Å². The summed E-state index contributed by atoms with van der Waals surface area (Å²) in [4.78, 5) is 14.7. The van der Waals surface area contributed by atoms with Gasteiger partial charge in [-0.3, -0.25) is 0 Å². The van der Waals surface area contributed by atoms with E-state index in [1.54, 1.807) is 12.1 Å². The van der Waals surface area contributed by atoms with Gasteiger partial charge in [-0.25, -0.2) is 9.78 Å². The van der Waals surface area contributed by atoms with E-state index in [4.69, 9.17) is 5.11 Å². The molecule has 0 radical (unpaired) electrons. The lowest BCUT2D eigenvalue weighted by Crippen LogP contribution is -2.19. The number of carbonyl (C=O) groups is 1. The zero-order valence-electron chi connectivity index (χ0n) is 9.44. The fourth-order valence-corrected chi connectivity index (χ4v) is 1.53. The molecule has 0 saturated heterocycles. The summed E-state index contributed by atoms with van der Waals surface area (Å²) in [5.74, 6) is -1.48. The second-order valence-electron chi connectivity index (χ2n) is 3.73. The predicted octanol–water partition coefficient (Wildman–Crippen LogP) is 2.87. The molecule has 0 aliphatic carbocycles. The highest BCUT2D eigenvalue weighted by Crippen LogP contribution is 2.27. The van der Waals surface area contributed by atoms with Crippen LogP contribution in [0.2, 0.25) is 0 Å². The molecule has 100 valence electrons. The summed E-state index contributed by atoms with van der Waals surface area (Å²) in [6.45, 7) is -1.49. The Morgan fingerprint density at radius 3 is 2.63 bits per heavy atom. The van der Waals surface area contributed by atoms with Gasteiger partial charge in [0.05, 0.1) is 5.52 Å². The smallest absolute Gasteiger partial charge is 0.422 e. The highest BCUT2D eigenvalue weighted by molar-refractivity contribution is 5.93. The summed E-state index contributed by atoms with van der Waals surface area (Å²) in [6, 6.07) is 7.21. The van der Waals surface area contributed by atoms with Crippen molar-refractivity contribution >= 4 is 16.9 Å². The Morgan fingerprint density at radius 2 is 2.00 bits per heavy atom. The molecule has 1 aromatic carbocycles. The molecule has 0 aliphatic heterocycles. The van der Waals surface area contributed by atoms with Gasteiger partial charge in [0.15, 0.2) is 12.3 Å². The number of benzene rings is 1. The topological polar surface area (TPSA) is 59.4 Å². The first-order valence-corrected chi connectivity index (χ1v) is 5.19. The van der Waals surface area contributed by atoms with Crippen molar-refractivity contribution in [3.05, 3.63) is 36.0 Å². The minimum absolute atomic E-state index is 0.152. The number of halogens is 3. The van der Waals surface area contributed by atoms with Crippen molar-refractivity contribution in [1.29, 1.82) is 0 Å². The van der Waals surface area contributed by atoms with E-state index in [0.717, 1.165) is 6.07 Å². The van der Waals surface area contributed by atoms with Crippen molar-refractivity contribution in [3.8, 4) is 5.75 Å². The summed E-state index contributed by atoms with van der Waals surface area (Å²) in [5, 5.41) is 9.19. The third-order valence-electron chi connectivity index (χ3n) is 2.29. The van der Waals surface area contributed by atoms with Crippen molar-refractivity contribution in [2.75, 3.05) is 6.61 Å². The van der Waals surface area contributed by atoms with Crippen LogP contribution in [0.15, 0.2) is 30.3 Å². The molecule has 2 rings (SSSR count). The van der Waals surface area contributed by atoms with Crippen LogP contribution in [0.25, 0.3) is 10.9 Å². The largest absolute Gasteiger partial charge is 0.483 e. The van der Waals surface area contributed by atoms with Crippen LogP contribution >= 0.6 is 0 Å². The number of pyridine rings is 1. The van der Waals surface area contributed by atoms with Crippen molar-refractivity contribution in [1.82, 2.24) is 4.98 Å². The van der Waals surface area contributed by atoms with Crippen LogP contribution in [0.5, 0.6) is 5.75 Å². The molecule has 0 aliphatic rings. The number of ether oxygens (including phenoxy) is 1. The number of aromatic nitrogens is 1. The van der Waals surface area contributed by atoms with Crippen LogP contribution in [0.4, 0.5) is 13.2 Å². The maximum atomic E-state index is 12.1. The third kappa shape index (κ3) is 3.12. The number of hydrogen-bond acceptors (Lipinski definition) is 3. The quantitative estimate of drug-likeness (QED) is 0.932.